The summed E-state index contributed by atoms with van der Waals surface area (Å²) < 4.78 is 13.5. The summed E-state index contributed by atoms with van der Waals surface area (Å²) in [5.41, 5.74) is 2.57. The number of rotatable bonds is 3. The van der Waals surface area contributed by atoms with E-state index < -0.39 is 0 Å². The summed E-state index contributed by atoms with van der Waals surface area (Å²) in [6.07, 6.45) is 1.54. The second kappa shape index (κ2) is 7.25. The molecule has 3 aromatic rings. The van der Waals surface area contributed by atoms with Crippen LogP contribution in [0.3, 0.4) is 0 Å². The van der Waals surface area contributed by atoms with E-state index in [1.807, 2.05) is 19.1 Å². The molecule has 1 aliphatic heterocycles. The van der Waals surface area contributed by atoms with Gasteiger partial charge in [-0.1, -0.05) is 17.7 Å². The summed E-state index contributed by atoms with van der Waals surface area (Å²) in [7, 11) is 0. The number of ether oxygens (including phenoxy) is 2. The molecule has 0 unspecified atom stereocenters. The fraction of sp³-hybridized carbons (Fsp3) is 0.158. The number of aromatic nitrogens is 2. The molecule has 4 rings (SSSR count). The third-order valence-electron chi connectivity index (χ3n) is 4.19. The van der Waals surface area contributed by atoms with Crippen LogP contribution in [0.4, 0.5) is 5.69 Å². The molecule has 27 heavy (non-hydrogen) atoms. The number of halogens is 2. The van der Waals surface area contributed by atoms with Gasteiger partial charge in [-0.15, -0.1) is 0 Å². The average Bonchev–Trinajstić information content (AvgIpc) is 3.04. The molecule has 8 heteroatoms. The van der Waals surface area contributed by atoms with Gasteiger partial charge in [0.05, 0.1) is 28.8 Å². The van der Waals surface area contributed by atoms with Crippen molar-refractivity contribution in [2.24, 2.45) is 0 Å². The van der Waals surface area contributed by atoms with E-state index in [1.54, 1.807) is 28.9 Å². The molecule has 0 radical (unpaired) electrons. The summed E-state index contributed by atoms with van der Waals surface area (Å²) in [5, 5.41) is 7.82. The fourth-order valence-electron chi connectivity index (χ4n) is 2.85. The highest BCUT2D eigenvalue weighted by Gasteiger charge is 2.19. The predicted octanol–water partition coefficient (Wildman–Crippen LogP) is 4.62. The highest BCUT2D eigenvalue weighted by molar-refractivity contribution is 9.10. The van der Waals surface area contributed by atoms with Gasteiger partial charge in [0, 0.05) is 21.6 Å². The van der Waals surface area contributed by atoms with Gasteiger partial charge in [0.25, 0.3) is 5.91 Å². The zero-order chi connectivity index (χ0) is 19.0. The van der Waals surface area contributed by atoms with Gasteiger partial charge in [0.15, 0.2) is 11.5 Å². The molecule has 0 atom stereocenters. The van der Waals surface area contributed by atoms with Crippen molar-refractivity contribution in [2.75, 3.05) is 18.5 Å². The lowest BCUT2D eigenvalue weighted by Gasteiger charge is -2.20. The lowest BCUT2D eigenvalue weighted by atomic mass is 10.2. The predicted molar refractivity (Wildman–Crippen MR) is 106 cm³/mol. The summed E-state index contributed by atoms with van der Waals surface area (Å²) >= 11 is 9.51. The molecule has 1 amide bonds. The van der Waals surface area contributed by atoms with E-state index in [4.69, 9.17) is 21.1 Å². The number of nitrogens with one attached hydrogen (secondary N) is 1. The Labute approximate surface area is 169 Å². The van der Waals surface area contributed by atoms with Gasteiger partial charge in [-0.05, 0) is 41.1 Å². The van der Waals surface area contributed by atoms with Gasteiger partial charge in [-0.25, -0.2) is 4.68 Å². The van der Waals surface area contributed by atoms with Crippen LogP contribution >= 0.6 is 27.5 Å². The Kier molecular flexibility index (Phi) is 4.80. The highest BCUT2D eigenvalue weighted by atomic mass is 79.9. The lowest BCUT2D eigenvalue weighted by molar-refractivity contribution is 0.102. The maximum absolute atomic E-state index is 12.8. The van der Waals surface area contributed by atoms with E-state index in [0.29, 0.717) is 51.2 Å². The molecule has 1 N–H and O–H groups in total. The Bertz CT molecular complexity index is 1040. The maximum Gasteiger partial charge on any atom is 0.259 e. The Morgan fingerprint density at radius 3 is 2.70 bits per heavy atom. The Balaban J connectivity index is 1.61. The molecule has 0 aliphatic carbocycles. The van der Waals surface area contributed by atoms with E-state index >= 15 is 0 Å². The van der Waals surface area contributed by atoms with Crippen LogP contribution in [0, 0.1) is 6.92 Å². The first kappa shape index (κ1) is 17.9. The van der Waals surface area contributed by atoms with Crippen LogP contribution in [0.1, 0.15) is 16.1 Å². The molecule has 0 saturated carbocycles. The van der Waals surface area contributed by atoms with E-state index in [-0.39, 0.29) is 5.91 Å². The second-order valence-corrected chi connectivity index (χ2v) is 7.26. The van der Waals surface area contributed by atoms with Crippen molar-refractivity contribution in [1.29, 1.82) is 0 Å². The quantitative estimate of drug-likeness (QED) is 0.635. The molecular weight excluding hydrogens is 434 g/mol. The third-order valence-corrected chi connectivity index (χ3v) is 5.08. The SMILES string of the molecule is Cc1c(C(=O)Nc2cc3c(cc2Br)OCCO3)cnn1-c1cccc(Cl)c1. The van der Waals surface area contributed by atoms with Crippen LogP contribution in [0.5, 0.6) is 11.5 Å². The molecule has 1 aliphatic rings. The fourth-order valence-corrected chi connectivity index (χ4v) is 3.46. The smallest absolute Gasteiger partial charge is 0.259 e. The monoisotopic (exact) mass is 447 g/mol. The van der Waals surface area contributed by atoms with E-state index in [9.17, 15) is 4.79 Å². The largest absolute Gasteiger partial charge is 0.486 e. The van der Waals surface area contributed by atoms with Crippen molar-refractivity contribution in [3.8, 4) is 17.2 Å². The number of anilines is 1. The Morgan fingerprint density at radius 2 is 1.96 bits per heavy atom. The highest BCUT2D eigenvalue weighted by Crippen LogP contribution is 2.38. The molecule has 6 nitrogen and oxygen atoms in total. The molecule has 0 bridgehead atoms. The number of hydrogen-bond donors (Lipinski definition) is 1. The zero-order valence-corrected chi connectivity index (χ0v) is 16.7. The van der Waals surface area contributed by atoms with Crippen LogP contribution < -0.4 is 14.8 Å². The minimum Gasteiger partial charge on any atom is -0.486 e. The topological polar surface area (TPSA) is 65.4 Å². The van der Waals surface area contributed by atoms with Gasteiger partial charge in [-0.2, -0.15) is 5.10 Å². The molecule has 0 spiro atoms. The Morgan fingerprint density at radius 1 is 1.22 bits per heavy atom. The summed E-state index contributed by atoms with van der Waals surface area (Å²) in [5.74, 6) is 0.986. The normalized spacial score (nSPS) is 12.7. The summed E-state index contributed by atoms with van der Waals surface area (Å²) in [6.45, 7) is 2.82. The average molecular weight is 449 g/mol. The van der Waals surface area contributed by atoms with Crippen molar-refractivity contribution < 1.29 is 14.3 Å². The first-order chi connectivity index (χ1) is 13.0. The minimum atomic E-state index is -0.266. The number of hydrogen-bond acceptors (Lipinski definition) is 4. The third kappa shape index (κ3) is 3.52. The summed E-state index contributed by atoms with van der Waals surface area (Å²) in [6, 6.07) is 10.8. The van der Waals surface area contributed by atoms with Crippen molar-refractivity contribution in [3.05, 3.63) is 63.3 Å². The number of nitrogens with zero attached hydrogens (tertiary/aromatic N) is 2. The molecular formula is C19H15BrClN3O3. The first-order valence-corrected chi connectivity index (χ1v) is 9.41. The first-order valence-electron chi connectivity index (χ1n) is 8.24. The van der Waals surface area contributed by atoms with Crippen LogP contribution in [-0.4, -0.2) is 28.9 Å². The minimum absolute atomic E-state index is 0.266. The standard InChI is InChI=1S/C19H15BrClN3O3/c1-11-14(10-22-24(11)13-4-2-3-12(21)7-13)19(25)23-16-9-18-17(8-15(16)20)26-5-6-27-18/h2-4,7-10H,5-6H2,1H3,(H,23,25). The number of carbonyl (C=O) groups is 1. The van der Waals surface area contributed by atoms with Crippen molar-refractivity contribution >= 4 is 39.1 Å². The van der Waals surface area contributed by atoms with Gasteiger partial charge < -0.3 is 14.8 Å². The number of benzene rings is 2. The van der Waals surface area contributed by atoms with Crippen LogP contribution in [0.2, 0.25) is 5.02 Å². The maximum atomic E-state index is 12.8. The number of fused-ring (bicyclic) bond motifs is 1. The molecule has 138 valence electrons. The van der Waals surface area contributed by atoms with E-state index in [1.165, 1.54) is 6.20 Å². The number of carbonyl (C=O) groups excluding carboxylic acids is 1. The zero-order valence-electron chi connectivity index (χ0n) is 14.3. The molecule has 0 saturated heterocycles. The van der Waals surface area contributed by atoms with Crippen molar-refractivity contribution in [1.82, 2.24) is 9.78 Å². The van der Waals surface area contributed by atoms with Gasteiger partial charge in [0.2, 0.25) is 0 Å². The van der Waals surface area contributed by atoms with Crippen LogP contribution in [-0.2, 0) is 0 Å². The van der Waals surface area contributed by atoms with Crippen LogP contribution in [0.25, 0.3) is 5.69 Å². The lowest BCUT2D eigenvalue weighted by Crippen LogP contribution is -2.17. The van der Waals surface area contributed by atoms with Gasteiger partial charge >= 0.3 is 0 Å². The van der Waals surface area contributed by atoms with Crippen molar-refractivity contribution in [3.63, 3.8) is 0 Å². The van der Waals surface area contributed by atoms with Gasteiger partial charge in [0.1, 0.15) is 13.2 Å². The number of amides is 1. The molecule has 2 heterocycles. The van der Waals surface area contributed by atoms with E-state index in [2.05, 4.69) is 26.3 Å². The molecule has 1 aromatic heterocycles. The second-order valence-electron chi connectivity index (χ2n) is 5.97. The van der Waals surface area contributed by atoms with Crippen molar-refractivity contribution in [2.45, 2.75) is 6.92 Å². The molecule has 0 fully saturated rings. The summed E-state index contributed by atoms with van der Waals surface area (Å²) in [4.78, 5) is 12.8. The molecule has 2 aromatic carbocycles. The Hall–Kier alpha value is -2.51. The van der Waals surface area contributed by atoms with Crippen LogP contribution in [0.15, 0.2) is 47.1 Å². The van der Waals surface area contributed by atoms with Gasteiger partial charge in [-0.3, -0.25) is 4.79 Å². The van der Waals surface area contributed by atoms with E-state index in [0.717, 1.165) is 5.69 Å².